The van der Waals surface area contributed by atoms with Crippen LogP contribution in [0.4, 0.5) is 0 Å². The molecule has 0 aliphatic carbocycles. The van der Waals surface area contributed by atoms with Crippen LogP contribution >= 0.6 is 11.6 Å². The minimum atomic E-state index is -0.119. The van der Waals surface area contributed by atoms with Crippen molar-refractivity contribution in [3.63, 3.8) is 0 Å². The number of halogens is 1. The van der Waals surface area contributed by atoms with Gasteiger partial charge in [0.2, 0.25) is 0 Å². The van der Waals surface area contributed by atoms with Crippen molar-refractivity contribution in [2.24, 2.45) is 0 Å². The summed E-state index contributed by atoms with van der Waals surface area (Å²) >= 11 is 5.72. The van der Waals surface area contributed by atoms with Crippen LogP contribution in [0.5, 0.6) is 0 Å². The molecule has 1 aromatic heterocycles. The van der Waals surface area contributed by atoms with Crippen LogP contribution in [0.3, 0.4) is 0 Å². The van der Waals surface area contributed by atoms with Gasteiger partial charge < -0.3 is 10.2 Å². The number of carbonyl (C=O) groups excluding carboxylic acids is 1. The second kappa shape index (κ2) is 6.57. The van der Waals surface area contributed by atoms with E-state index in [2.05, 4.69) is 29.0 Å². The van der Waals surface area contributed by atoms with Gasteiger partial charge in [0, 0.05) is 30.9 Å². The SMILES string of the molecule is CC(C)N(C)CCNC(=O)c1ccnc(Cl)c1. The topological polar surface area (TPSA) is 45.2 Å². The van der Waals surface area contributed by atoms with E-state index in [1.807, 2.05) is 7.05 Å². The molecule has 0 aromatic carbocycles. The Bertz CT molecular complexity index is 382. The Labute approximate surface area is 107 Å². The van der Waals surface area contributed by atoms with E-state index in [9.17, 15) is 4.79 Å². The fraction of sp³-hybridized carbons (Fsp3) is 0.500. The fourth-order valence-corrected chi connectivity index (χ4v) is 1.42. The maximum absolute atomic E-state index is 11.7. The molecule has 4 nitrogen and oxygen atoms in total. The zero-order chi connectivity index (χ0) is 12.8. The monoisotopic (exact) mass is 255 g/mol. The van der Waals surface area contributed by atoms with Crippen LogP contribution in [0.15, 0.2) is 18.3 Å². The van der Waals surface area contributed by atoms with Crippen LogP contribution < -0.4 is 5.32 Å². The van der Waals surface area contributed by atoms with Gasteiger partial charge in [0.15, 0.2) is 0 Å². The van der Waals surface area contributed by atoms with Crippen molar-refractivity contribution in [3.8, 4) is 0 Å². The predicted octanol–water partition coefficient (Wildman–Crippen LogP) is 1.81. The molecule has 17 heavy (non-hydrogen) atoms. The number of nitrogens with zero attached hydrogens (tertiary/aromatic N) is 2. The fourth-order valence-electron chi connectivity index (χ4n) is 1.25. The molecule has 0 spiro atoms. The molecule has 0 radical (unpaired) electrons. The Morgan fingerprint density at radius 1 is 1.59 bits per heavy atom. The lowest BCUT2D eigenvalue weighted by atomic mass is 10.2. The number of amides is 1. The smallest absolute Gasteiger partial charge is 0.251 e. The number of rotatable bonds is 5. The van der Waals surface area contributed by atoms with Gasteiger partial charge in [-0.15, -0.1) is 0 Å². The van der Waals surface area contributed by atoms with E-state index in [1.54, 1.807) is 12.1 Å². The van der Waals surface area contributed by atoms with Gasteiger partial charge in [0.1, 0.15) is 5.15 Å². The van der Waals surface area contributed by atoms with Crippen molar-refractivity contribution in [3.05, 3.63) is 29.0 Å². The number of aromatic nitrogens is 1. The third-order valence-electron chi connectivity index (χ3n) is 2.62. The van der Waals surface area contributed by atoms with Gasteiger partial charge in [0.05, 0.1) is 0 Å². The van der Waals surface area contributed by atoms with Crippen molar-refractivity contribution in [1.82, 2.24) is 15.2 Å². The third-order valence-corrected chi connectivity index (χ3v) is 2.83. The lowest BCUT2D eigenvalue weighted by molar-refractivity contribution is 0.0948. The summed E-state index contributed by atoms with van der Waals surface area (Å²) in [5.41, 5.74) is 0.539. The maximum Gasteiger partial charge on any atom is 0.251 e. The molecule has 0 saturated carbocycles. The van der Waals surface area contributed by atoms with E-state index in [0.717, 1.165) is 6.54 Å². The second-order valence-electron chi connectivity index (χ2n) is 4.20. The van der Waals surface area contributed by atoms with E-state index in [0.29, 0.717) is 23.3 Å². The summed E-state index contributed by atoms with van der Waals surface area (Å²) in [6.45, 7) is 5.67. The van der Waals surface area contributed by atoms with Gasteiger partial charge in [-0.3, -0.25) is 4.79 Å². The average molecular weight is 256 g/mol. The second-order valence-corrected chi connectivity index (χ2v) is 4.58. The first-order chi connectivity index (χ1) is 8.00. The Morgan fingerprint density at radius 3 is 2.88 bits per heavy atom. The van der Waals surface area contributed by atoms with Crippen molar-refractivity contribution >= 4 is 17.5 Å². The van der Waals surface area contributed by atoms with E-state index in [-0.39, 0.29) is 5.91 Å². The lowest BCUT2D eigenvalue weighted by Gasteiger charge is -2.20. The standard InChI is InChI=1S/C12H18ClN3O/c1-9(2)16(3)7-6-15-12(17)10-4-5-14-11(13)8-10/h4-5,8-9H,6-7H2,1-3H3,(H,15,17). The molecular formula is C12H18ClN3O. The Morgan fingerprint density at radius 2 is 2.29 bits per heavy atom. The molecule has 5 heteroatoms. The molecule has 94 valence electrons. The summed E-state index contributed by atoms with van der Waals surface area (Å²) in [5.74, 6) is -0.119. The van der Waals surface area contributed by atoms with Gasteiger partial charge in [-0.2, -0.15) is 0 Å². The average Bonchev–Trinajstić information content (AvgIpc) is 2.28. The van der Waals surface area contributed by atoms with Gasteiger partial charge in [-0.05, 0) is 33.0 Å². The first-order valence-electron chi connectivity index (χ1n) is 5.60. The Kier molecular flexibility index (Phi) is 5.38. The molecule has 0 bridgehead atoms. The quantitative estimate of drug-likeness (QED) is 0.817. The minimum absolute atomic E-state index is 0.119. The van der Waals surface area contributed by atoms with Crippen molar-refractivity contribution in [1.29, 1.82) is 0 Å². The van der Waals surface area contributed by atoms with Crippen LogP contribution in [0.2, 0.25) is 5.15 Å². The third kappa shape index (κ3) is 4.71. The summed E-state index contributed by atoms with van der Waals surface area (Å²) in [6, 6.07) is 3.68. The lowest BCUT2D eigenvalue weighted by Crippen LogP contribution is -2.36. The zero-order valence-electron chi connectivity index (χ0n) is 10.4. The first kappa shape index (κ1) is 13.9. The van der Waals surface area contributed by atoms with Crippen LogP contribution in [0, 0.1) is 0 Å². The highest BCUT2D eigenvalue weighted by Gasteiger charge is 2.07. The molecule has 1 aromatic rings. The van der Waals surface area contributed by atoms with E-state index in [1.165, 1.54) is 6.20 Å². The number of likely N-dealkylation sites (N-methyl/N-ethyl adjacent to an activating group) is 1. The van der Waals surface area contributed by atoms with Gasteiger partial charge in [-0.25, -0.2) is 4.98 Å². The normalized spacial score (nSPS) is 10.9. The van der Waals surface area contributed by atoms with Crippen LogP contribution in [0.1, 0.15) is 24.2 Å². The molecule has 1 N–H and O–H groups in total. The number of hydrogen-bond donors (Lipinski definition) is 1. The number of pyridine rings is 1. The predicted molar refractivity (Wildman–Crippen MR) is 69.3 cm³/mol. The molecule has 0 saturated heterocycles. The molecule has 0 atom stereocenters. The summed E-state index contributed by atoms with van der Waals surface area (Å²) in [7, 11) is 2.03. The number of nitrogens with one attached hydrogen (secondary N) is 1. The number of hydrogen-bond acceptors (Lipinski definition) is 3. The molecule has 1 heterocycles. The van der Waals surface area contributed by atoms with Crippen LogP contribution in [0.25, 0.3) is 0 Å². The highest BCUT2D eigenvalue weighted by atomic mass is 35.5. The largest absolute Gasteiger partial charge is 0.351 e. The minimum Gasteiger partial charge on any atom is -0.351 e. The molecular weight excluding hydrogens is 238 g/mol. The van der Waals surface area contributed by atoms with Gasteiger partial charge in [-0.1, -0.05) is 11.6 Å². The van der Waals surface area contributed by atoms with Crippen molar-refractivity contribution < 1.29 is 4.79 Å². The summed E-state index contributed by atoms with van der Waals surface area (Å²) < 4.78 is 0. The van der Waals surface area contributed by atoms with Crippen molar-refractivity contribution in [2.45, 2.75) is 19.9 Å². The molecule has 1 amide bonds. The molecule has 0 unspecified atom stereocenters. The molecule has 0 fully saturated rings. The first-order valence-corrected chi connectivity index (χ1v) is 5.98. The molecule has 0 aliphatic rings. The summed E-state index contributed by atoms with van der Waals surface area (Å²) in [5, 5.41) is 3.18. The summed E-state index contributed by atoms with van der Waals surface area (Å²) in [4.78, 5) is 17.7. The van der Waals surface area contributed by atoms with Crippen LogP contribution in [-0.2, 0) is 0 Å². The molecule has 0 aliphatic heterocycles. The Balaban J connectivity index is 2.40. The van der Waals surface area contributed by atoms with Gasteiger partial charge in [0.25, 0.3) is 5.91 Å². The number of carbonyl (C=O) groups is 1. The van der Waals surface area contributed by atoms with Crippen LogP contribution in [-0.4, -0.2) is 42.0 Å². The molecule has 1 rings (SSSR count). The zero-order valence-corrected chi connectivity index (χ0v) is 11.2. The van der Waals surface area contributed by atoms with Crippen molar-refractivity contribution in [2.75, 3.05) is 20.1 Å². The Hall–Kier alpha value is -1.13. The summed E-state index contributed by atoms with van der Waals surface area (Å²) in [6.07, 6.45) is 1.53. The van der Waals surface area contributed by atoms with E-state index in [4.69, 9.17) is 11.6 Å². The maximum atomic E-state index is 11.7. The highest BCUT2D eigenvalue weighted by Crippen LogP contribution is 2.06. The van der Waals surface area contributed by atoms with Gasteiger partial charge >= 0.3 is 0 Å². The highest BCUT2D eigenvalue weighted by molar-refractivity contribution is 6.29. The van der Waals surface area contributed by atoms with E-state index >= 15 is 0 Å². The van der Waals surface area contributed by atoms with E-state index < -0.39 is 0 Å².